The monoisotopic (exact) mass is 532 g/mol. The third kappa shape index (κ3) is 5.00. The van der Waals surface area contributed by atoms with Gasteiger partial charge in [0.1, 0.15) is 23.0 Å². The van der Waals surface area contributed by atoms with Gasteiger partial charge in [-0.2, -0.15) is 0 Å². The first-order valence-corrected chi connectivity index (χ1v) is 12.5. The number of methoxy groups -OCH3 is 1. The number of nitrogens with one attached hydrogen (secondary N) is 3. The molecule has 0 saturated heterocycles. The first-order valence-electron chi connectivity index (χ1n) is 12.5. The second-order valence-corrected chi connectivity index (χ2v) is 8.83. The van der Waals surface area contributed by atoms with Crippen LogP contribution in [-0.4, -0.2) is 35.3 Å². The van der Waals surface area contributed by atoms with E-state index in [2.05, 4.69) is 10.6 Å². The number of amides is 1. The number of benzene rings is 2. The minimum atomic E-state index is -2.17. The van der Waals surface area contributed by atoms with Gasteiger partial charge in [-0.05, 0) is 31.5 Å². The number of pyridine rings is 1. The summed E-state index contributed by atoms with van der Waals surface area (Å²) in [6, 6.07) is 14.7. The Morgan fingerprint density at radius 2 is 1.67 bits per heavy atom. The van der Waals surface area contributed by atoms with Gasteiger partial charge in [-0.25, -0.2) is 8.78 Å². The van der Waals surface area contributed by atoms with Gasteiger partial charge in [0.15, 0.2) is 0 Å². The number of nitrogens with zero attached hydrogens (tertiary/aromatic N) is 1. The summed E-state index contributed by atoms with van der Waals surface area (Å²) in [6.45, 7) is 4.35. The van der Waals surface area contributed by atoms with Gasteiger partial charge in [-0.15, -0.1) is 0 Å². The molecule has 0 bridgehead atoms. The Balaban J connectivity index is 1.97. The van der Waals surface area contributed by atoms with Crippen LogP contribution in [0.15, 0.2) is 78.8 Å². The molecule has 0 spiro atoms. The predicted molar refractivity (Wildman–Crippen MR) is 146 cm³/mol. The van der Waals surface area contributed by atoms with Crippen LogP contribution in [0.25, 0.3) is 5.52 Å². The predicted octanol–water partition coefficient (Wildman–Crippen LogP) is 4.90. The summed E-state index contributed by atoms with van der Waals surface area (Å²) < 4.78 is 37.6. The lowest BCUT2D eigenvalue weighted by molar-refractivity contribution is 0.0964. The number of fused-ring (bicyclic) bond motifs is 1. The van der Waals surface area contributed by atoms with E-state index in [9.17, 15) is 9.90 Å². The van der Waals surface area contributed by atoms with E-state index in [-0.39, 0.29) is 33.7 Å². The molecule has 202 valence electrons. The molecule has 9 heteroatoms. The first-order chi connectivity index (χ1) is 18.8. The van der Waals surface area contributed by atoms with E-state index in [1.54, 1.807) is 34.9 Å². The number of hydrogen-bond donors (Lipinski definition) is 4. The standard InChI is InChI=1S/C30H30F2N4O3/c1-4-27-24(30(38,22-10-6-8-12-25(22)31)23-11-7-9-13-26(23)32)14-20-15-28(39-3)21(18-36(20)27)29(37)35-19(16-33)17-34-5-2/h6-18,33-34,38H,4-5H2,1-3H3,(H,35,37)/b19-17+,33-16?. The number of hydrogen-bond acceptors (Lipinski definition) is 5. The highest BCUT2D eigenvalue weighted by molar-refractivity contribution is 6.00. The smallest absolute Gasteiger partial charge is 0.261 e. The minimum absolute atomic E-state index is 0.102. The maximum atomic E-state index is 15.2. The summed E-state index contributed by atoms with van der Waals surface area (Å²) in [5.74, 6) is -1.65. The highest BCUT2D eigenvalue weighted by Gasteiger charge is 2.41. The zero-order valence-electron chi connectivity index (χ0n) is 21.9. The van der Waals surface area contributed by atoms with Crippen molar-refractivity contribution in [3.8, 4) is 5.75 Å². The molecule has 2 aromatic carbocycles. The topological polar surface area (TPSA) is 98.9 Å². The number of aromatic nitrogens is 1. The van der Waals surface area contributed by atoms with Crippen molar-refractivity contribution in [1.29, 1.82) is 5.41 Å². The Hall–Kier alpha value is -4.50. The largest absolute Gasteiger partial charge is 0.496 e. The van der Waals surface area contributed by atoms with Crippen LogP contribution in [0.1, 0.15) is 46.6 Å². The lowest BCUT2D eigenvalue weighted by Gasteiger charge is -2.31. The quantitative estimate of drug-likeness (QED) is 0.218. The first kappa shape index (κ1) is 27.5. The molecule has 0 aliphatic heterocycles. The molecule has 4 N–H and O–H groups in total. The number of allylic oxidation sites excluding steroid dienone is 1. The fourth-order valence-corrected chi connectivity index (χ4v) is 4.74. The summed E-state index contributed by atoms with van der Waals surface area (Å²) >= 11 is 0. The molecule has 0 aliphatic carbocycles. The lowest BCUT2D eigenvalue weighted by Crippen LogP contribution is -2.32. The molecule has 7 nitrogen and oxygen atoms in total. The van der Waals surface area contributed by atoms with Gasteiger partial charge in [0.2, 0.25) is 0 Å². The summed E-state index contributed by atoms with van der Waals surface area (Å²) in [7, 11) is 1.42. The lowest BCUT2D eigenvalue weighted by atomic mass is 9.79. The summed E-state index contributed by atoms with van der Waals surface area (Å²) in [4.78, 5) is 13.2. The van der Waals surface area contributed by atoms with Crippen LogP contribution in [0, 0.1) is 17.0 Å². The second-order valence-electron chi connectivity index (χ2n) is 8.83. The third-order valence-electron chi connectivity index (χ3n) is 6.57. The van der Waals surface area contributed by atoms with Gasteiger partial charge in [0.25, 0.3) is 5.91 Å². The molecule has 0 aliphatic rings. The average molecular weight is 533 g/mol. The Morgan fingerprint density at radius 3 is 2.18 bits per heavy atom. The van der Waals surface area contributed by atoms with Gasteiger partial charge < -0.3 is 30.3 Å². The minimum Gasteiger partial charge on any atom is -0.496 e. The Kier molecular flexibility index (Phi) is 8.11. The normalized spacial score (nSPS) is 11.9. The SMILES string of the molecule is CCN/C=C(\C=N)NC(=O)c1cn2c(CC)c(C(O)(c3ccccc3F)c3ccccc3F)cc2cc1OC. The van der Waals surface area contributed by atoms with Crippen LogP contribution in [-0.2, 0) is 12.0 Å². The van der Waals surface area contributed by atoms with E-state index >= 15 is 8.78 Å². The summed E-state index contributed by atoms with van der Waals surface area (Å²) in [6.07, 6.45) is 4.46. The maximum absolute atomic E-state index is 15.2. The van der Waals surface area contributed by atoms with Crippen LogP contribution in [0.4, 0.5) is 8.78 Å². The van der Waals surface area contributed by atoms with E-state index in [4.69, 9.17) is 10.1 Å². The van der Waals surface area contributed by atoms with Gasteiger partial charge in [-0.3, -0.25) is 4.79 Å². The molecular formula is C30H30F2N4O3. The van der Waals surface area contributed by atoms with E-state index < -0.39 is 23.1 Å². The van der Waals surface area contributed by atoms with E-state index in [0.717, 1.165) is 6.21 Å². The van der Waals surface area contributed by atoms with E-state index in [1.807, 2.05) is 13.8 Å². The highest BCUT2D eigenvalue weighted by atomic mass is 19.1. The molecule has 1 amide bonds. The Bertz CT molecular complexity index is 1520. The zero-order chi connectivity index (χ0) is 28.2. The molecular weight excluding hydrogens is 502 g/mol. The highest BCUT2D eigenvalue weighted by Crippen LogP contribution is 2.42. The number of aryl methyl sites for hydroxylation is 1. The summed E-state index contributed by atoms with van der Waals surface area (Å²) in [5, 5.41) is 25.5. The average Bonchev–Trinajstić information content (AvgIpc) is 3.32. The number of halogens is 2. The van der Waals surface area contributed by atoms with Crippen molar-refractivity contribution < 1.29 is 23.4 Å². The molecule has 2 aromatic heterocycles. The number of ether oxygens (including phenoxy) is 1. The van der Waals surface area contributed by atoms with Gasteiger partial charge >= 0.3 is 0 Å². The van der Waals surface area contributed by atoms with Crippen LogP contribution in [0.2, 0.25) is 0 Å². The van der Waals surface area contributed by atoms with Gasteiger partial charge in [0.05, 0.1) is 18.4 Å². The fraction of sp³-hybridized carbons (Fsp3) is 0.200. The maximum Gasteiger partial charge on any atom is 0.261 e. The zero-order valence-corrected chi connectivity index (χ0v) is 21.9. The molecule has 39 heavy (non-hydrogen) atoms. The second kappa shape index (κ2) is 11.5. The van der Waals surface area contributed by atoms with Crippen molar-refractivity contribution in [3.63, 3.8) is 0 Å². The van der Waals surface area contributed by atoms with Crippen molar-refractivity contribution in [1.82, 2.24) is 15.0 Å². The van der Waals surface area contributed by atoms with Gasteiger partial charge in [-0.1, -0.05) is 43.3 Å². The van der Waals surface area contributed by atoms with Crippen molar-refractivity contribution in [3.05, 3.63) is 118 Å². The van der Waals surface area contributed by atoms with Crippen molar-refractivity contribution in [2.45, 2.75) is 25.9 Å². The fourth-order valence-electron chi connectivity index (χ4n) is 4.74. The third-order valence-corrected chi connectivity index (χ3v) is 6.57. The number of rotatable bonds is 10. The molecule has 4 aromatic rings. The van der Waals surface area contributed by atoms with Crippen molar-refractivity contribution in [2.75, 3.05) is 13.7 Å². The molecule has 0 atom stereocenters. The molecule has 4 rings (SSSR count). The van der Waals surface area contributed by atoms with Crippen molar-refractivity contribution >= 4 is 17.6 Å². The molecule has 0 saturated carbocycles. The van der Waals surface area contributed by atoms with Crippen LogP contribution < -0.4 is 15.4 Å². The number of carbonyl (C=O) groups is 1. The van der Waals surface area contributed by atoms with Crippen molar-refractivity contribution in [2.24, 2.45) is 0 Å². The van der Waals surface area contributed by atoms with E-state index in [1.165, 1.54) is 49.7 Å². The molecule has 0 fully saturated rings. The van der Waals surface area contributed by atoms with Crippen LogP contribution in [0.3, 0.4) is 0 Å². The van der Waals surface area contributed by atoms with E-state index in [0.29, 0.717) is 24.2 Å². The summed E-state index contributed by atoms with van der Waals surface area (Å²) in [5.41, 5.74) is -0.585. The van der Waals surface area contributed by atoms with Crippen LogP contribution >= 0.6 is 0 Å². The van der Waals surface area contributed by atoms with Crippen LogP contribution in [0.5, 0.6) is 5.75 Å². The molecule has 2 heterocycles. The molecule has 0 radical (unpaired) electrons. The number of aliphatic hydroxyl groups is 1. The van der Waals surface area contributed by atoms with Gasteiger partial charge in [0, 0.05) is 59.1 Å². The Labute approximate surface area is 225 Å². The number of carbonyl (C=O) groups excluding carboxylic acids is 1. The molecule has 0 unspecified atom stereocenters. The Morgan fingerprint density at radius 1 is 1.05 bits per heavy atom.